The smallest absolute Gasteiger partial charge is 0.252 e. The first-order chi connectivity index (χ1) is 13.9. The van der Waals surface area contributed by atoms with Gasteiger partial charge in [-0.2, -0.15) is 4.31 Å². The molecule has 7 nitrogen and oxygen atoms in total. The summed E-state index contributed by atoms with van der Waals surface area (Å²) in [6.07, 6.45) is 0. The first-order valence-corrected chi connectivity index (χ1v) is 12.4. The maximum absolute atomic E-state index is 12.6. The number of rotatable bonds is 6. The molecular weight excluding hydrogens is 428 g/mol. The Labute approximate surface area is 178 Å². The average molecular weight is 451 g/mol. The van der Waals surface area contributed by atoms with Crippen LogP contribution in [0.3, 0.4) is 0 Å². The Morgan fingerprint density at radius 1 is 1.14 bits per heavy atom. The molecular formula is C19H22N4O3S3. The van der Waals surface area contributed by atoms with Crippen molar-refractivity contribution in [1.82, 2.24) is 19.1 Å². The SMILES string of the molecule is CN(CC(=O)N1CCN(Cc2nc3ccccc3s2)CC1)S(=O)(=O)c1cccs1. The number of piperazine rings is 1. The van der Waals surface area contributed by atoms with Crippen LogP contribution in [0.4, 0.5) is 0 Å². The van der Waals surface area contributed by atoms with E-state index in [4.69, 9.17) is 0 Å². The van der Waals surface area contributed by atoms with Gasteiger partial charge in [-0.1, -0.05) is 18.2 Å². The van der Waals surface area contributed by atoms with Crippen molar-refractivity contribution in [2.45, 2.75) is 10.8 Å². The molecule has 1 aliphatic rings. The molecule has 0 radical (unpaired) electrons. The highest BCUT2D eigenvalue weighted by molar-refractivity contribution is 7.91. The minimum absolute atomic E-state index is 0.141. The highest BCUT2D eigenvalue weighted by atomic mass is 32.2. The molecule has 1 fully saturated rings. The van der Waals surface area contributed by atoms with E-state index >= 15 is 0 Å². The van der Waals surface area contributed by atoms with Gasteiger partial charge >= 0.3 is 0 Å². The second-order valence-electron chi connectivity index (χ2n) is 6.93. The van der Waals surface area contributed by atoms with Gasteiger partial charge in [0.15, 0.2) is 0 Å². The van der Waals surface area contributed by atoms with Gasteiger partial charge in [0.25, 0.3) is 10.0 Å². The molecule has 154 valence electrons. The molecule has 10 heteroatoms. The molecule has 4 rings (SSSR count). The quantitative estimate of drug-likeness (QED) is 0.576. The number of carbonyl (C=O) groups excluding carboxylic acids is 1. The van der Waals surface area contributed by atoms with Gasteiger partial charge in [-0.15, -0.1) is 22.7 Å². The molecule has 1 aliphatic heterocycles. The standard InChI is InChI=1S/C19H22N4O3S3/c1-21(29(25,26)19-7-4-12-27-19)14-18(24)23-10-8-22(9-11-23)13-17-20-15-5-2-3-6-16(15)28-17/h2-7,12H,8-11,13-14H2,1H3. The van der Waals surface area contributed by atoms with E-state index in [0.29, 0.717) is 13.1 Å². The summed E-state index contributed by atoms with van der Waals surface area (Å²) in [5, 5.41) is 2.79. The monoisotopic (exact) mass is 450 g/mol. The van der Waals surface area contributed by atoms with E-state index in [2.05, 4.69) is 16.0 Å². The highest BCUT2D eigenvalue weighted by Gasteiger charge is 2.28. The van der Waals surface area contributed by atoms with E-state index in [1.54, 1.807) is 33.7 Å². The number of nitrogens with zero attached hydrogens (tertiary/aromatic N) is 4. The van der Waals surface area contributed by atoms with Gasteiger partial charge in [0.05, 0.1) is 23.3 Å². The fourth-order valence-electron chi connectivity index (χ4n) is 3.27. The lowest BCUT2D eigenvalue weighted by atomic mass is 10.3. The maximum Gasteiger partial charge on any atom is 0.252 e. The summed E-state index contributed by atoms with van der Waals surface area (Å²) in [5.74, 6) is -0.160. The van der Waals surface area contributed by atoms with Crippen molar-refractivity contribution >= 4 is 48.8 Å². The van der Waals surface area contributed by atoms with Crippen molar-refractivity contribution in [3.05, 3.63) is 46.8 Å². The van der Waals surface area contributed by atoms with Crippen LogP contribution in [0.1, 0.15) is 5.01 Å². The predicted molar refractivity (Wildman–Crippen MR) is 116 cm³/mol. The Bertz CT molecular complexity index is 1050. The number of hydrogen-bond acceptors (Lipinski definition) is 7. The van der Waals surface area contributed by atoms with E-state index < -0.39 is 10.0 Å². The number of thiophene rings is 1. The van der Waals surface area contributed by atoms with E-state index in [1.165, 1.54) is 11.7 Å². The van der Waals surface area contributed by atoms with Crippen LogP contribution in [-0.4, -0.2) is 73.2 Å². The topological polar surface area (TPSA) is 73.8 Å². The fraction of sp³-hybridized carbons (Fsp3) is 0.368. The molecule has 0 spiro atoms. The maximum atomic E-state index is 12.6. The second kappa shape index (κ2) is 8.49. The number of thiazole rings is 1. The Morgan fingerprint density at radius 2 is 1.90 bits per heavy atom. The molecule has 3 aromatic rings. The van der Waals surface area contributed by atoms with Gasteiger partial charge in [0.1, 0.15) is 9.22 Å². The van der Waals surface area contributed by atoms with Crippen LogP contribution in [0.15, 0.2) is 46.0 Å². The highest BCUT2D eigenvalue weighted by Crippen LogP contribution is 2.23. The minimum atomic E-state index is -3.61. The number of likely N-dealkylation sites (N-methyl/N-ethyl adjacent to an activating group) is 1. The molecule has 2 aromatic heterocycles. The minimum Gasteiger partial charge on any atom is -0.339 e. The lowest BCUT2D eigenvalue weighted by molar-refractivity contribution is -0.133. The largest absolute Gasteiger partial charge is 0.339 e. The van der Waals surface area contributed by atoms with Gasteiger partial charge in [-0.05, 0) is 23.6 Å². The van der Waals surface area contributed by atoms with Crippen molar-refractivity contribution in [1.29, 1.82) is 0 Å². The van der Waals surface area contributed by atoms with Crippen molar-refractivity contribution in [2.75, 3.05) is 39.8 Å². The Morgan fingerprint density at radius 3 is 2.59 bits per heavy atom. The molecule has 29 heavy (non-hydrogen) atoms. The summed E-state index contributed by atoms with van der Waals surface area (Å²) >= 11 is 2.86. The molecule has 0 saturated carbocycles. The third-order valence-electron chi connectivity index (χ3n) is 4.94. The molecule has 3 heterocycles. The van der Waals surface area contributed by atoms with Crippen LogP contribution in [0.5, 0.6) is 0 Å². The van der Waals surface area contributed by atoms with Crippen LogP contribution in [-0.2, 0) is 21.4 Å². The number of hydrogen-bond donors (Lipinski definition) is 0. The number of sulfonamides is 1. The van der Waals surface area contributed by atoms with Crippen LogP contribution in [0.2, 0.25) is 0 Å². The number of fused-ring (bicyclic) bond motifs is 1. The van der Waals surface area contributed by atoms with Gasteiger partial charge in [0.2, 0.25) is 5.91 Å². The Hall–Kier alpha value is -1.85. The zero-order chi connectivity index (χ0) is 20.4. The number of carbonyl (C=O) groups is 1. The third kappa shape index (κ3) is 4.51. The molecule has 0 N–H and O–H groups in total. The third-order valence-corrected chi connectivity index (χ3v) is 9.14. The average Bonchev–Trinajstić information content (AvgIpc) is 3.38. The van der Waals surface area contributed by atoms with E-state index in [-0.39, 0.29) is 16.7 Å². The van der Waals surface area contributed by atoms with Gasteiger partial charge < -0.3 is 4.90 Å². The first-order valence-electron chi connectivity index (χ1n) is 9.28. The zero-order valence-corrected chi connectivity index (χ0v) is 18.5. The van der Waals surface area contributed by atoms with Gasteiger partial charge in [-0.3, -0.25) is 9.69 Å². The lowest BCUT2D eigenvalue weighted by Crippen LogP contribution is -2.51. The summed E-state index contributed by atoms with van der Waals surface area (Å²) in [6.45, 7) is 3.32. The number of benzene rings is 1. The first kappa shape index (κ1) is 20.4. The normalized spacial score (nSPS) is 16.0. The van der Waals surface area contributed by atoms with E-state index in [1.807, 2.05) is 18.2 Å². The number of amides is 1. The summed E-state index contributed by atoms with van der Waals surface area (Å²) in [7, 11) is -2.15. The number of aromatic nitrogens is 1. The molecule has 0 aliphatic carbocycles. The zero-order valence-electron chi connectivity index (χ0n) is 16.0. The number of para-hydroxylation sites is 1. The molecule has 1 saturated heterocycles. The second-order valence-corrected chi connectivity index (χ2v) is 11.3. The van der Waals surface area contributed by atoms with Gasteiger partial charge in [-0.25, -0.2) is 13.4 Å². The van der Waals surface area contributed by atoms with E-state index in [0.717, 1.165) is 45.8 Å². The van der Waals surface area contributed by atoms with Gasteiger partial charge in [0, 0.05) is 33.2 Å². The summed E-state index contributed by atoms with van der Waals surface area (Å²) in [5.41, 5.74) is 1.02. The predicted octanol–water partition coefficient (Wildman–Crippen LogP) is 2.32. The summed E-state index contributed by atoms with van der Waals surface area (Å²) in [6, 6.07) is 11.4. The van der Waals surface area contributed by atoms with Crippen molar-refractivity contribution in [2.24, 2.45) is 0 Å². The van der Waals surface area contributed by atoms with Crippen LogP contribution in [0, 0.1) is 0 Å². The molecule has 1 amide bonds. The lowest BCUT2D eigenvalue weighted by Gasteiger charge is -2.34. The van der Waals surface area contributed by atoms with Crippen molar-refractivity contribution in [3.8, 4) is 0 Å². The molecule has 0 atom stereocenters. The summed E-state index contributed by atoms with van der Waals surface area (Å²) < 4.78 is 27.6. The van der Waals surface area contributed by atoms with E-state index in [9.17, 15) is 13.2 Å². The van der Waals surface area contributed by atoms with Crippen LogP contribution >= 0.6 is 22.7 Å². The van der Waals surface area contributed by atoms with Crippen molar-refractivity contribution in [3.63, 3.8) is 0 Å². The molecule has 1 aromatic carbocycles. The Balaban J connectivity index is 1.30. The fourth-order valence-corrected chi connectivity index (χ4v) is 6.60. The van der Waals surface area contributed by atoms with Crippen LogP contribution in [0.25, 0.3) is 10.2 Å². The summed E-state index contributed by atoms with van der Waals surface area (Å²) in [4.78, 5) is 21.3. The van der Waals surface area contributed by atoms with Crippen molar-refractivity contribution < 1.29 is 13.2 Å². The molecule has 0 bridgehead atoms. The Kier molecular flexibility index (Phi) is 5.98. The van der Waals surface area contributed by atoms with Crippen LogP contribution < -0.4 is 0 Å². The molecule has 0 unspecified atom stereocenters.